The lowest BCUT2D eigenvalue weighted by molar-refractivity contribution is -0.137. The van der Waals surface area contributed by atoms with Crippen LogP contribution in [0.4, 0.5) is 13.2 Å². The van der Waals surface area contributed by atoms with E-state index in [0.29, 0.717) is 19.0 Å². The molecule has 0 saturated carbocycles. The summed E-state index contributed by atoms with van der Waals surface area (Å²) in [5.74, 6) is 0.338. The lowest BCUT2D eigenvalue weighted by Gasteiger charge is -2.11. The molecule has 1 aromatic rings. The van der Waals surface area contributed by atoms with Crippen molar-refractivity contribution in [3.05, 3.63) is 35.4 Å². The van der Waals surface area contributed by atoms with E-state index in [2.05, 4.69) is 10.8 Å². The average Bonchev–Trinajstić information content (AvgIpc) is 2.34. The zero-order chi connectivity index (χ0) is 14.3. The maximum atomic E-state index is 12.3. The van der Waals surface area contributed by atoms with Crippen molar-refractivity contribution in [2.75, 3.05) is 13.1 Å². The van der Waals surface area contributed by atoms with E-state index >= 15 is 0 Å². The first-order valence-corrected chi connectivity index (χ1v) is 6.17. The van der Waals surface area contributed by atoms with Crippen LogP contribution in [0.5, 0.6) is 0 Å². The third-order valence-corrected chi connectivity index (χ3v) is 2.86. The van der Waals surface area contributed by atoms with Crippen LogP contribution >= 0.6 is 0 Å². The van der Waals surface area contributed by atoms with Gasteiger partial charge in [-0.15, -0.1) is 0 Å². The molecule has 6 heteroatoms. The van der Waals surface area contributed by atoms with E-state index in [1.165, 1.54) is 12.1 Å². The van der Waals surface area contributed by atoms with Crippen LogP contribution in [0.1, 0.15) is 24.5 Å². The van der Waals surface area contributed by atoms with Gasteiger partial charge in [0.05, 0.1) is 5.56 Å². The molecular weight excluding hydrogens is 257 g/mol. The Labute approximate surface area is 110 Å². The van der Waals surface area contributed by atoms with Crippen molar-refractivity contribution in [1.29, 1.82) is 0 Å². The fourth-order valence-corrected chi connectivity index (χ4v) is 1.65. The van der Waals surface area contributed by atoms with Gasteiger partial charge in [0.2, 0.25) is 0 Å². The maximum absolute atomic E-state index is 12.3. The largest absolute Gasteiger partial charge is 0.416 e. The molecule has 1 rings (SSSR count). The number of benzene rings is 1. The number of halogens is 3. The average molecular weight is 276 g/mol. The minimum absolute atomic E-state index is 0.338. The Morgan fingerprint density at radius 1 is 1.21 bits per heavy atom. The zero-order valence-corrected chi connectivity index (χ0v) is 10.8. The number of hydrogen-bond acceptors (Lipinski definition) is 3. The predicted molar refractivity (Wildman–Crippen MR) is 66.7 cm³/mol. The number of hydroxylamine groups is 1. The smallest absolute Gasteiger partial charge is 0.317 e. The lowest BCUT2D eigenvalue weighted by atomic mass is 10.1. The Morgan fingerprint density at radius 3 is 2.37 bits per heavy atom. The zero-order valence-electron chi connectivity index (χ0n) is 10.8. The second-order valence-corrected chi connectivity index (χ2v) is 4.63. The molecule has 0 aliphatic carbocycles. The maximum Gasteiger partial charge on any atom is 0.416 e. The van der Waals surface area contributed by atoms with Crippen molar-refractivity contribution in [1.82, 2.24) is 10.8 Å². The number of nitrogens with one attached hydrogen (secondary N) is 2. The van der Waals surface area contributed by atoms with E-state index < -0.39 is 11.7 Å². The first kappa shape index (κ1) is 15.9. The molecule has 1 aromatic carbocycles. The molecule has 0 amide bonds. The number of alkyl halides is 3. The summed E-state index contributed by atoms with van der Waals surface area (Å²) >= 11 is 0. The van der Waals surface area contributed by atoms with E-state index in [4.69, 9.17) is 5.21 Å². The van der Waals surface area contributed by atoms with Gasteiger partial charge in [-0.1, -0.05) is 19.1 Å². The highest BCUT2D eigenvalue weighted by Gasteiger charge is 2.29. The highest BCUT2D eigenvalue weighted by molar-refractivity contribution is 5.24. The first-order valence-electron chi connectivity index (χ1n) is 6.17. The van der Waals surface area contributed by atoms with Crippen LogP contribution in [-0.2, 0) is 12.7 Å². The van der Waals surface area contributed by atoms with E-state index in [9.17, 15) is 13.2 Å². The summed E-state index contributed by atoms with van der Waals surface area (Å²) in [6.45, 7) is 3.83. The van der Waals surface area contributed by atoms with Gasteiger partial charge in [0.15, 0.2) is 0 Å². The topological polar surface area (TPSA) is 44.3 Å². The van der Waals surface area contributed by atoms with Gasteiger partial charge in [-0.2, -0.15) is 13.2 Å². The van der Waals surface area contributed by atoms with Crippen LogP contribution in [0.3, 0.4) is 0 Å². The molecule has 0 aliphatic rings. The van der Waals surface area contributed by atoms with Gasteiger partial charge in [-0.3, -0.25) is 0 Å². The summed E-state index contributed by atoms with van der Waals surface area (Å²) in [7, 11) is 0. The third kappa shape index (κ3) is 6.04. The molecule has 0 aromatic heterocycles. The molecule has 0 bridgehead atoms. The fraction of sp³-hybridized carbons (Fsp3) is 0.538. The van der Waals surface area contributed by atoms with Crippen molar-refractivity contribution in [3.63, 3.8) is 0 Å². The standard InChI is InChI=1S/C13H19F3N2O/c1-10(8-18-19)6-7-17-9-11-2-4-12(5-3-11)13(14,15)16/h2-5,10,17-19H,6-9H2,1H3. The van der Waals surface area contributed by atoms with E-state index in [-0.39, 0.29) is 0 Å². The van der Waals surface area contributed by atoms with E-state index in [1.54, 1.807) is 0 Å². The Kier molecular flexibility index (Phi) is 6.27. The van der Waals surface area contributed by atoms with Gasteiger partial charge in [0.25, 0.3) is 0 Å². The molecular formula is C13H19F3N2O. The van der Waals surface area contributed by atoms with Crippen molar-refractivity contribution < 1.29 is 18.4 Å². The second-order valence-electron chi connectivity index (χ2n) is 4.63. The molecule has 19 heavy (non-hydrogen) atoms. The van der Waals surface area contributed by atoms with Crippen molar-refractivity contribution in [2.45, 2.75) is 26.1 Å². The molecule has 0 saturated heterocycles. The highest BCUT2D eigenvalue weighted by atomic mass is 19.4. The molecule has 0 fully saturated rings. The van der Waals surface area contributed by atoms with Gasteiger partial charge in [-0.25, -0.2) is 5.48 Å². The molecule has 0 spiro atoms. The van der Waals surface area contributed by atoms with Gasteiger partial charge in [0.1, 0.15) is 0 Å². The van der Waals surface area contributed by atoms with Crippen molar-refractivity contribution in [2.24, 2.45) is 5.92 Å². The minimum atomic E-state index is -4.28. The minimum Gasteiger partial charge on any atom is -0.317 e. The van der Waals surface area contributed by atoms with Gasteiger partial charge < -0.3 is 10.5 Å². The Bertz CT molecular complexity index is 365. The van der Waals surface area contributed by atoms with Crippen LogP contribution in [-0.4, -0.2) is 18.3 Å². The van der Waals surface area contributed by atoms with Crippen LogP contribution in [0.15, 0.2) is 24.3 Å². The molecule has 0 heterocycles. The van der Waals surface area contributed by atoms with Gasteiger partial charge >= 0.3 is 6.18 Å². The summed E-state index contributed by atoms with van der Waals surface area (Å²) in [5.41, 5.74) is 2.31. The number of hydrogen-bond donors (Lipinski definition) is 3. The van der Waals surface area contributed by atoms with Crippen LogP contribution in [0, 0.1) is 5.92 Å². The predicted octanol–water partition coefficient (Wildman–Crippen LogP) is 2.80. The highest BCUT2D eigenvalue weighted by Crippen LogP contribution is 2.28. The Balaban J connectivity index is 2.31. The summed E-state index contributed by atoms with van der Waals surface area (Å²) in [6, 6.07) is 5.15. The van der Waals surface area contributed by atoms with Crippen LogP contribution < -0.4 is 10.8 Å². The summed E-state index contributed by atoms with van der Waals surface area (Å²) in [4.78, 5) is 0. The summed E-state index contributed by atoms with van der Waals surface area (Å²) < 4.78 is 37.0. The SMILES string of the molecule is CC(CCNCc1ccc(C(F)(F)F)cc1)CNO. The Morgan fingerprint density at radius 2 is 1.84 bits per heavy atom. The van der Waals surface area contributed by atoms with E-state index in [0.717, 1.165) is 30.7 Å². The van der Waals surface area contributed by atoms with Crippen LogP contribution in [0.25, 0.3) is 0 Å². The summed E-state index contributed by atoms with van der Waals surface area (Å²) in [6.07, 6.45) is -3.40. The Hall–Kier alpha value is -1.11. The quantitative estimate of drug-likeness (QED) is 0.530. The third-order valence-electron chi connectivity index (χ3n) is 2.86. The molecule has 108 valence electrons. The van der Waals surface area contributed by atoms with Crippen molar-refractivity contribution >= 4 is 0 Å². The monoisotopic (exact) mass is 276 g/mol. The van der Waals surface area contributed by atoms with Gasteiger partial charge in [-0.05, 0) is 36.6 Å². The fourth-order valence-electron chi connectivity index (χ4n) is 1.65. The molecule has 0 aliphatic heterocycles. The normalized spacial score (nSPS) is 13.5. The van der Waals surface area contributed by atoms with Crippen LogP contribution in [0.2, 0.25) is 0 Å². The molecule has 3 nitrogen and oxygen atoms in total. The first-order chi connectivity index (χ1) is 8.93. The summed E-state index contributed by atoms with van der Waals surface area (Å²) in [5, 5.41) is 11.7. The molecule has 0 radical (unpaired) electrons. The van der Waals surface area contributed by atoms with Crippen molar-refractivity contribution in [3.8, 4) is 0 Å². The molecule has 1 atom stereocenters. The van der Waals surface area contributed by atoms with E-state index in [1.807, 2.05) is 6.92 Å². The lowest BCUT2D eigenvalue weighted by Crippen LogP contribution is -2.22. The number of rotatable bonds is 7. The molecule has 1 unspecified atom stereocenters. The second kappa shape index (κ2) is 7.47. The molecule has 3 N–H and O–H groups in total. The van der Waals surface area contributed by atoms with Gasteiger partial charge in [0, 0.05) is 13.1 Å².